The van der Waals surface area contributed by atoms with Crippen LogP contribution >= 0.6 is 39.1 Å². The molecule has 0 amide bonds. The van der Waals surface area contributed by atoms with Crippen molar-refractivity contribution in [3.8, 4) is 0 Å². The lowest BCUT2D eigenvalue weighted by atomic mass is 10.0. The molecule has 0 heterocycles. The van der Waals surface area contributed by atoms with Crippen molar-refractivity contribution in [2.75, 3.05) is 0 Å². The predicted molar refractivity (Wildman–Crippen MR) is 77.9 cm³/mol. The molecular weight excluding hydrogens is 338 g/mol. The first-order valence-electron chi connectivity index (χ1n) is 5.40. The molecule has 0 aromatic heterocycles. The lowest BCUT2D eigenvalue weighted by molar-refractivity contribution is 0.627. The Morgan fingerprint density at radius 1 is 1.17 bits per heavy atom. The van der Waals surface area contributed by atoms with Crippen LogP contribution in [-0.4, -0.2) is 0 Å². The van der Waals surface area contributed by atoms with E-state index in [2.05, 4.69) is 15.9 Å². The predicted octanol–water partition coefficient (Wildman–Crippen LogP) is 5.76. The molecule has 0 aliphatic rings. The van der Waals surface area contributed by atoms with Gasteiger partial charge in [0.2, 0.25) is 0 Å². The molecule has 0 fully saturated rings. The zero-order valence-corrected chi connectivity index (χ0v) is 12.4. The summed E-state index contributed by atoms with van der Waals surface area (Å²) in [5.74, 6) is -0.424. The fraction of sp³-hybridized carbons (Fsp3) is 0.143. The lowest BCUT2D eigenvalue weighted by Gasteiger charge is -2.11. The Hall–Kier alpha value is -0.570. The smallest absolute Gasteiger partial charge is 0.141 e. The topological polar surface area (TPSA) is 0 Å². The Labute approximate surface area is 124 Å². The van der Waals surface area contributed by atoms with E-state index in [4.69, 9.17) is 23.2 Å². The van der Waals surface area contributed by atoms with Gasteiger partial charge in [-0.25, -0.2) is 4.39 Å². The van der Waals surface area contributed by atoms with Gasteiger partial charge in [0.15, 0.2) is 0 Å². The maximum atomic E-state index is 13.1. The Morgan fingerprint density at radius 2 is 1.94 bits per heavy atom. The van der Waals surface area contributed by atoms with Crippen molar-refractivity contribution in [3.05, 3.63) is 68.9 Å². The van der Waals surface area contributed by atoms with Crippen molar-refractivity contribution < 1.29 is 4.39 Å². The Balaban J connectivity index is 2.16. The number of alkyl halides is 1. The summed E-state index contributed by atoms with van der Waals surface area (Å²) in [7, 11) is 0. The maximum Gasteiger partial charge on any atom is 0.141 e. The molecule has 4 heteroatoms. The zero-order valence-electron chi connectivity index (χ0n) is 9.34. The number of benzene rings is 2. The van der Waals surface area contributed by atoms with Crippen LogP contribution in [0.4, 0.5) is 4.39 Å². The molecule has 1 atom stereocenters. The van der Waals surface area contributed by atoms with Crippen LogP contribution in [0, 0.1) is 5.82 Å². The molecule has 0 N–H and O–H groups in total. The molecule has 0 saturated heterocycles. The quantitative estimate of drug-likeness (QED) is 0.619. The largest absolute Gasteiger partial charge is 0.205 e. The number of hydrogen-bond acceptors (Lipinski definition) is 0. The van der Waals surface area contributed by atoms with Crippen LogP contribution in [0.5, 0.6) is 0 Å². The van der Waals surface area contributed by atoms with Gasteiger partial charge >= 0.3 is 0 Å². The van der Waals surface area contributed by atoms with E-state index in [9.17, 15) is 4.39 Å². The molecule has 0 saturated carbocycles. The summed E-state index contributed by atoms with van der Waals surface area (Å²) < 4.78 is 14.1. The molecule has 2 aromatic carbocycles. The van der Waals surface area contributed by atoms with Crippen molar-refractivity contribution in [2.45, 2.75) is 11.8 Å². The third-order valence-corrected chi connectivity index (χ3v) is 3.80. The summed E-state index contributed by atoms with van der Waals surface area (Å²) in [5.41, 5.74) is 1.94. The van der Waals surface area contributed by atoms with Crippen molar-refractivity contribution in [2.24, 2.45) is 0 Å². The monoisotopic (exact) mass is 346 g/mol. The van der Waals surface area contributed by atoms with E-state index in [-0.39, 0.29) is 10.4 Å². The first kappa shape index (κ1) is 13.9. The standard InChI is InChI=1S/C14H10BrCl2F/c15-11-3-1-2-9(6-11)7-12(16)10-4-5-14(18)13(17)8-10/h1-6,8,12H,7H2. The van der Waals surface area contributed by atoms with E-state index < -0.39 is 5.82 Å². The van der Waals surface area contributed by atoms with E-state index >= 15 is 0 Å². The molecule has 0 radical (unpaired) electrons. The number of halogens is 4. The van der Waals surface area contributed by atoms with Gasteiger partial charge in [-0.05, 0) is 41.8 Å². The van der Waals surface area contributed by atoms with Gasteiger partial charge in [-0.2, -0.15) is 0 Å². The third kappa shape index (κ3) is 3.47. The minimum atomic E-state index is -0.424. The van der Waals surface area contributed by atoms with Crippen LogP contribution in [0.1, 0.15) is 16.5 Å². The molecule has 0 bridgehead atoms. The van der Waals surface area contributed by atoms with Gasteiger partial charge in [-0.3, -0.25) is 0 Å². The summed E-state index contributed by atoms with van der Waals surface area (Å²) >= 11 is 15.5. The van der Waals surface area contributed by atoms with Crippen molar-refractivity contribution in [3.63, 3.8) is 0 Å². The summed E-state index contributed by atoms with van der Waals surface area (Å²) in [5, 5.41) is -0.121. The molecule has 94 valence electrons. The Bertz CT molecular complexity index is 557. The van der Waals surface area contributed by atoms with E-state index in [1.54, 1.807) is 12.1 Å². The first-order valence-corrected chi connectivity index (χ1v) is 7.00. The van der Waals surface area contributed by atoms with Gasteiger partial charge < -0.3 is 0 Å². The summed E-state index contributed by atoms with van der Waals surface area (Å²) in [6.07, 6.45) is 0.670. The van der Waals surface area contributed by atoms with Crippen molar-refractivity contribution >= 4 is 39.1 Å². The van der Waals surface area contributed by atoms with E-state index in [0.29, 0.717) is 6.42 Å². The molecule has 0 spiro atoms. The van der Waals surface area contributed by atoms with E-state index in [0.717, 1.165) is 15.6 Å². The molecule has 1 unspecified atom stereocenters. The molecule has 0 aliphatic carbocycles. The van der Waals surface area contributed by atoms with Crippen LogP contribution in [0.15, 0.2) is 46.9 Å². The lowest BCUT2D eigenvalue weighted by Crippen LogP contribution is -1.96. The van der Waals surface area contributed by atoms with Gasteiger partial charge in [-0.15, -0.1) is 11.6 Å². The average molecular weight is 348 g/mol. The highest BCUT2D eigenvalue weighted by molar-refractivity contribution is 9.10. The molecule has 0 aliphatic heterocycles. The van der Waals surface area contributed by atoms with Crippen LogP contribution in [0.2, 0.25) is 5.02 Å². The van der Waals surface area contributed by atoms with E-state index in [1.165, 1.54) is 6.07 Å². The fourth-order valence-electron chi connectivity index (χ4n) is 1.70. The molecule has 2 aromatic rings. The molecular formula is C14H10BrCl2F. The highest BCUT2D eigenvalue weighted by Crippen LogP contribution is 2.28. The Kier molecular flexibility index (Phi) is 4.66. The summed E-state index contributed by atoms with van der Waals surface area (Å²) in [6, 6.07) is 12.5. The first-order chi connectivity index (χ1) is 8.56. The minimum absolute atomic E-state index is 0.104. The van der Waals surface area contributed by atoms with Crippen LogP contribution in [0.25, 0.3) is 0 Å². The third-order valence-electron chi connectivity index (χ3n) is 2.61. The van der Waals surface area contributed by atoms with Crippen molar-refractivity contribution in [1.29, 1.82) is 0 Å². The van der Waals surface area contributed by atoms with Crippen LogP contribution in [0.3, 0.4) is 0 Å². The number of hydrogen-bond donors (Lipinski definition) is 0. The van der Waals surface area contributed by atoms with Crippen molar-refractivity contribution in [1.82, 2.24) is 0 Å². The molecule has 18 heavy (non-hydrogen) atoms. The zero-order chi connectivity index (χ0) is 13.1. The van der Waals surface area contributed by atoms with Gasteiger partial charge in [0.25, 0.3) is 0 Å². The van der Waals surface area contributed by atoms with E-state index in [1.807, 2.05) is 24.3 Å². The number of rotatable bonds is 3. The second-order valence-electron chi connectivity index (χ2n) is 3.98. The second kappa shape index (κ2) is 6.05. The van der Waals surface area contributed by atoms with Gasteiger partial charge in [0, 0.05) is 4.47 Å². The molecule has 2 rings (SSSR count). The van der Waals surface area contributed by atoms with Crippen LogP contribution < -0.4 is 0 Å². The van der Waals surface area contributed by atoms with Gasteiger partial charge in [0.1, 0.15) is 5.82 Å². The van der Waals surface area contributed by atoms with Gasteiger partial charge in [-0.1, -0.05) is 45.7 Å². The average Bonchev–Trinajstić information content (AvgIpc) is 2.32. The highest BCUT2D eigenvalue weighted by Gasteiger charge is 2.11. The SMILES string of the molecule is Fc1ccc(C(Cl)Cc2cccc(Br)c2)cc1Cl. The fourth-order valence-corrected chi connectivity index (χ4v) is 2.65. The highest BCUT2D eigenvalue weighted by atomic mass is 79.9. The minimum Gasteiger partial charge on any atom is -0.205 e. The second-order valence-corrected chi connectivity index (χ2v) is 5.82. The summed E-state index contributed by atoms with van der Waals surface area (Å²) in [4.78, 5) is 0. The Morgan fingerprint density at radius 3 is 2.61 bits per heavy atom. The van der Waals surface area contributed by atoms with Gasteiger partial charge in [0.05, 0.1) is 10.4 Å². The maximum absolute atomic E-state index is 13.1. The molecule has 0 nitrogen and oxygen atoms in total. The normalized spacial score (nSPS) is 12.4. The summed E-state index contributed by atoms with van der Waals surface area (Å²) in [6.45, 7) is 0. The van der Waals surface area contributed by atoms with Crippen LogP contribution in [-0.2, 0) is 6.42 Å².